The van der Waals surface area contributed by atoms with E-state index in [-0.39, 0.29) is 22.9 Å². The summed E-state index contributed by atoms with van der Waals surface area (Å²) >= 11 is 0. The van der Waals surface area contributed by atoms with E-state index in [9.17, 15) is 22.8 Å². The van der Waals surface area contributed by atoms with Crippen molar-refractivity contribution >= 4 is 11.2 Å². The quantitative estimate of drug-likeness (QED) is 0.750. The molecule has 0 bridgehead atoms. The molecule has 0 radical (unpaired) electrons. The highest BCUT2D eigenvalue weighted by Gasteiger charge is 2.30. The number of nitrogens with one attached hydrogen (secondary N) is 2. The third kappa shape index (κ3) is 2.70. The first kappa shape index (κ1) is 14.9. The maximum Gasteiger partial charge on any atom is 0.416 e. The van der Waals surface area contributed by atoms with Gasteiger partial charge in [-0.3, -0.25) is 14.3 Å². The molecule has 0 saturated heterocycles. The Hall–Kier alpha value is -3.04. The molecule has 0 aliphatic carbocycles. The van der Waals surface area contributed by atoms with Crippen LogP contribution in [0.15, 0.2) is 33.9 Å². The van der Waals surface area contributed by atoms with Gasteiger partial charge in [-0.05, 0) is 18.2 Å². The largest absolute Gasteiger partial charge is 0.426 e. The van der Waals surface area contributed by atoms with E-state index in [0.717, 1.165) is 16.7 Å². The number of aryl methyl sites for hydroxylation is 1. The lowest BCUT2D eigenvalue weighted by Gasteiger charge is -2.08. The Balaban J connectivity index is 2.03. The second-order valence-electron chi connectivity index (χ2n) is 4.69. The maximum atomic E-state index is 12.7. The molecule has 2 heterocycles. The number of aromatic nitrogens is 4. The van der Waals surface area contributed by atoms with Gasteiger partial charge in [0.15, 0.2) is 11.2 Å². The Labute approximate surface area is 125 Å². The van der Waals surface area contributed by atoms with E-state index in [2.05, 4.69) is 15.0 Å². The standard InChI is InChI=1S/C13H9F3N4O3/c1-20-9-8(10(21)19-12(20)22)17-11(18-9)23-7-4-2-3-6(5-7)13(14,15)16/h2-5H,1H3,(H,17,18)(H,19,21,22). The van der Waals surface area contributed by atoms with Crippen molar-refractivity contribution < 1.29 is 17.9 Å². The number of rotatable bonds is 2. The molecule has 3 aromatic rings. The molecule has 0 atom stereocenters. The van der Waals surface area contributed by atoms with Crippen molar-refractivity contribution in [2.75, 3.05) is 0 Å². The highest BCUT2D eigenvalue weighted by atomic mass is 19.4. The van der Waals surface area contributed by atoms with E-state index in [1.165, 1.54) is 19.2 Å². The minimum Gasteiger partial charge on any atom is -0.426 e. The van der Waals surface area contributed by atoms with Gasteiger partial charge in [0.25, 0.3) is 5.56 Å². The number of imidazole rings is 1. The summed E-state index contributed by atoms with van der Waals surface area (Å²) in [4.78, 5) is 31.6. The van der Waals surface area contributed by atoms with Crippen LogP contribution in [-0.4, -0.2) is 19.5 Å². The smallest absolute Gasteiger partial charge is 0.416 e. The van der Waals surface area contributed by atoms with Gasteiger partial charge in [-0.15, -0.1) is 0 Å². The molecule has 2 aromatic heterocycles. The summed E-state index contributed by atoms with van der Waals surface area (Å²) in [6.45, 7) is 0. The van der Waals surface area contributed by atoms with Crippen LogP contribution in [0.3, 0.4) is 0 Å². The number of nitrogens with zero attached hydrogens (tertiary/aromatic N) is 2. The second kappa shape index (κ2) is 5.00. The summed E-state index contributed by atoms with van der Waals surface area (Å²) in [5.41, 5.74) is -2.24. The van der Waals surface area contributed by atoms with Gasteiger partial charge >= 0.3 is 17.9 Å². The minimum atomic E-state index is -4.51. The predicted molar refractivity (Wildman–Crippen MR) is 73.5 cm³/mol. The Morgan fingerprint density at radius 3 is 2.65 bits per heavy atom. The number of benzene rings is 1. The van der Waals surface area contributed by atoms with Crippen LogP contribution >= 0.6 is 0 Å². The van der Waals surface area contributed by atoms with Gasteiger partial charge in [-0.25, -0.2) is 4.79 Å². The normalized spacial score (nSPS) is 11.8. The number of alkyl halides is 3. The first-order valence-electron chi connectivity index (χ1n) is 6.30. The summed E-state index contributed by atoms with van der Waals surface area (Å²) in [7, 11) is 1.38. The monoisotopic (exact) mass is 326 g/mol. The van der Waals surface area contributed by atoms with Gasteiger partial charge < -0.3 is 9.72 Å². The average Bonchev–Trinajstić information content (AvgIpc) is 2.89. The summed E-state index contributed by atoms with van der Waals surface area (Å²) in [6.07, 6.45) is -4.51. The summed E-state index contributed by atoms with van der Waals surface area (Å²) in [5, 5.41) is 0. The Morgan fingerprint density at radius 2 is 1.96 bits per heavy atom. The zero-order chi connectivity index (χ0) is 16.8. The molecule has 0 amide bonds. The summed E-state index contributed by atoms with van der Waals surface area (Å²) < 4.78 is 44.3. The number of hydrogen-bond donors (Lipinski definition) is 2. The number of aromatic amines is 2. The van der Waals surface area contributed by atoms with Crippen LogP contribution in [0.5, 0.6) is 11.8 Å². The molecule has 0 aliphatic heterocycles. The molecule has 23 heavy (non-hydrogen) atoms. The molecule has 0 saturated carbocycles. The van der Waals surface area contributed by atoms with Gasteiger partial charge in [0.1, 0.15) is 5.75 Å². The van der Waals surface area contributed by atoms with Crippen molar-refractivity contribution in [3.63, 3.8) is 0 Å². The van der Waals surface area contributed by atoms with Crippen LogP contribution in [0.2, 0.25) is 0 Å². The van der Waals surface area contributed by atoms with Crippen LogP contribution in [-0.2, 0) is 13.2 Å². The molecule has 1 aromatic carbocycles. The van der Waals surface area contributed by atoms with Crippen molar-refractivity contribution in [1.29, 1.82) is 0 Å². The summed E-state index contributed by atoms with van der Waals surface area (Å²) in [6, 6.07) is 4.00. The van der Waals surface area contributed by atoms with Crippen molar-refractivity contribution in [2.24, 2.45) is 7.05 Å². The fraction of sp³-hybridized carbons (Fsp3) is 0.154. The molecule has 0 aliphatic rings. The minimum absolute atomic E-state index is 0.0194. The van der Waals surface area contributed by atoms with Crippen molar-refractivity contribution in [3.8, 4) is 11.8 Å². The lowest BCUT2D eigenvalue weighted by Crippen LogP contribution is -2.28. The van der Waals surface area contributed by atoms with Crippen LogP contribution < -0.4 is 16.0 Å². The molecule has 7 nitrogen and oxygen atoms in total. The van der Waals surface area contributed by atoms with Crippen LogP contribution in [0.1, 0.15) is 5.56 Å². The van der Waals surface area contributed by atoms with E-state index >= 15 is 0 Å². The molecule has 3 rings (SSSR count). The molecule has 0 fully saturated rings. The number of hydrogen-bond acceptors (Lipinski definition) is 4. The highest BCUT2D eigenvalue weighted by molar-refractivity contribution is 5.70. The summed E-state index contributed by atoms with van der Waals surface area (Å²) in [5.74, 6) is -0.111. The molecule has 10 heteroatoms. The first-order valence-corrected chi connectivity index (χ1v) is 6.30. The van der Waals surface area contributed by atoms with Crippen LogP contribution in [0, 0.1) is 0 Å². The van der Waals surface area contributed by atoms with Crippen molar-refractivity contribution in [3.05, 3.63) is 50.7 Å². The molecule has 0 unspecified atom stereocenters. The lowest BCUT2D eigenvalue weighted by atomic mass is 10.2. The van der Waals surface area contributed by atoms with E-state index in [4.69, 9.17) is 4.74 Å². The zero-order valence-corrected chi connectivity index (χ0v) is 11.6. The molecule has 2 N–H and O–H groups in total. The molecule has 120 valence electrons. The van der Waals surface area contributed by atoms with Gasteiger partial charge in [0.05, 0.1) is 5.56 Å². The van der Waals surface area contributed by atoms with Gasteiger partial charge in [0, 0.05) is 7.05 Å². The Morgan fingerprint density at radius 1 is 1.22 bits per heavy atom. The highest BCUT2D eigenvalue weighted by Crippen LogP contribution is 2.32. The van der Waals surface area contributed by atoms with Crippen molar-refractivity contribution in [2.45, 2.75) is 6.18 Å². The SMILES string of the molecule is Cn1c(=O)[nH]c(=O)c2[nH]c(Oc3cccc(C(F)(F)F)c3)nc21. The Bertz CT molecular complexity index is 1000. The number of H-pyrrole nitrogens is 2. The number of fused-ring (bicyclic) bond motifs is 1. The molecule has 0 spiro atoms. The lowest BCUT2D eigenvalue weighted by molar-refractivity contribution is -0.137. The fourth-order valence-electron chi connectivity index (χ4n) is 1.98. The van der Waals surface area contributed by atoms with Gasteiger partial charge in [0.2, 0.25) is 0 Å². The topological polar surface area (TPSA) is 92.8 Å². The average molecular weight is 326 g/mol. The third-order valence-corrected chi connectivity index (χ3v) is 3.11. The fourth-order valence-corrected chi connectivity index (χ4v) is 1.98. The number of ether oxygens (including phenoxy) is 1. The van der Waals surface area contributed by atoms with Crippen LogP contribution in [0.4, 0.5) is 13.2 Å². The van der Waals surface area contributed by atoms with Gasteiger partial charge in [-0.2, -0.15) is 18.2 Å². The molecular formula is C13H9F3N4O3. The second-order valence-corrected chi connectivity index (χ2v) is 4.69. The van der Waals surface area contributed by atoms with E-state index in [1.54, 1.807) is 0 Å². The van der Waals surface area contributed by atoms with E-state index in [1.807, 2.05) is 0 Å². The zero-order valence-electron chi connectivity index (χ0n) is 11.6. The Kier molecular flexibility index (Phi) is 3.24. The van der Waals surface area contributed by atoms with E-state index in [0.29, 0.717) is 0 Å². The van der Waals surface area contributed by atoms with E-state index < -0.39 is 23.0 Å². The first-order chi connectivity index (χ1) is 10.8. The van der Waals surface area contributed by atoms with Crippen molar-refractivity contribution in [1.82, 2.24) is 19.5 Å². The van der Waals surface area contributed by atoms with Crippen LogP contribution in [0.25, 0.3) is 11.2 Å². The predicted octanol–water partition coefficient (Wildman–Crippen LogP) is 1.76. The van der Waals surface area contributed by atoms with Gasteiger partial charge in [-0.1, -0.05) is 6.07 Å². The number of halogens is 3. The third-order valence-electron chi connectivity index (χ3n) is 3.11. The molecular weight excluding hydrogens is 317 g/mol. The maximum absolute atomic E-state index is 12.7.